The van der Waals surface area contributed by atoms with Gasteiger partial charge in [-0.05, 0) is 36.6 Å². The van der Waals surface area contributed by atoms with Crippen LogP contribution in [0.4, 0.5) is 4.39 Å². The Morgan fingerprint density at radius 3 is 2.81 bits per heavy atom. The smallest absolute Gasteiger partial charge is 0.146 e. The van der Waals surface area contributed by atoms with Gasteiger partial charge >= 0.3 is 0 Å². The van der Waals surface area contributed by atoms with E-state index in [1.165, 1.54) is 6.07 Å². The molecule has 1 nitrogen and oxygen atoms in total. The summed E-state index contributed by atoms with van der Waals surface area (Å²) in [6.07, 6.45) is 1.75. The molecule has 0 spiro atoms. The molecule has 0 N–H and O–H groups in total. The second kappa shape index (κ2) is 6.50. The van der Waals surface area contributed by atoms with Crippen LogP contribution in [0.1, 0.15) is 25.3 Å². The zero-order chi connectivity index (χ0) is 12.1. The van der Waals surface area contributed by atoms with E-state index < -0.39 is 0 Å². The SMILES string of the molecule is CCCC(=O)C(Br)Cc1cc(Br)ccc1F. The van der Waals surface area contributed by atoms with Gasteiger partial charge in [0, 0.05) is 10.9 Å². The molecular formula is C12H13Br2FO. The van der Waals surface area contributed by atoms with Gasteiger partial charge in [-0.15, -0.1) is 0 Å². The van der Waals surface area contributed by atoms with Gasteiger partial charge in [0.15, 0.2) is 0 Å². The Hall–Kier alpha value is -0.220. The van der Waals surface area contributed by atoms with Gasteiger partial charge in [0.25, 0.3) is 0 Å². The first-order valence-electron chi connectivity index (χ1n) is 5.15. The molecule has 0 aliphatic rings. The Balaban J connectivity index is 2.72. The molecule has 0 aliphatic heterocycles. The Labute approximate surface area is 112 Å². The second-order valence-corrected chi connectivity index (χ2v) is 5.64. The Morgan fingerprint density at radius 2 is 2.19 bits per heavy atom. The van der Waals surface area contributed by atoms with Crippen molar-refractivity contribution < 1.29 is 9.18 Å². The molecule has 88 valence electrons. The minimum atomic E-state index is -0.295. The van der Waals surface area contributed by atoms with Crippen LogP contribution in [-0.2, 0) is 11.2 Å². The van der Waals surface area contributed by atoms with Gasteiger partial charge < -0.3 is 0 Å². The summed E-state index contributed by atoms with van der Waals surface area (Å²) in [5.41, 5.74) is 0.556. The van der Waals surface area contributed by atoms with Gasteiger partial charge in [0.05, 0.1) is 4.83 Å². The lowest BCUT2D eigenvalue weighted by molar-refractivity contribution is -0.118. The summed E-state index contributed by atoms with van der Waals surface area (Å²) in [5.74, 6) is -0.140. The molecule has 0 saturated heterocycles. The molecule has 0 aromatic heterocycles. The number of hydrogen-bond acceptors (Lipinski definition) is 1. The number of Topliss-reactive ketones (excluding diaryl/α,β-unsaturated/α-hetero) is 1. The minimum absolute atomic E-state index is 0.127. The predicted octanol–water partition coefficient (Wildman–Crippen LogP) is 4.26. The second-order valence-electron chi connectivity index (χ2n) is 3.62. The molecule has 0 saturated carbocycles. The van der Waals surface area contributed by atoms with Gasteiger partial charge in [-0.2, -0.15) is 0 Å². The van der Waals surface area contributed by atoms with Crippen molar-refractivity contribution in [3.8, 4) is 0 Å². The highest BCUT2D eigenvalue weighted by Gasteiger charge is 2.16. The fourth-order valence-electron chi connectivity index (χ4n) is 1.41. The number of benzene rings is 1. The van der Waals surface area contributed by atoms with E-state index in [0.717, 1.165) is 10.9 Å². The van der Waals surface area contributed by atoms with Crippen molar-refractivity contribution in [2.75, 3.05) is 0 Å². The van der Waals surface area contributed by atoms with Crippen molar-refractivity contribution >= 4 is 37.6 Å². The normalized spacial score (nSPS) is 12.5. The summed E-state index contributed by atoms with van der Waals surface area (Å²) in [5, 5.41) is 0. The first-order valence-corrected chi connectivity index (χ1v) is 6.86. The maximum Gasteiger partial charge on any atom is 0.146 e. The van der Waals surface area contributed by atoms with Gasteiger partial charge in [-0.25, -0.2) is 4.39 Å². The quantitative estimate of drug-likeness (QED) is 0.724. The maximum atomic E-state index is 13.4. The summed E-state index contributed by atoms with van der Waals surface area (Å²) in [6.45, 7) is 1.96. The molecule has 1 aromatic rings. The highest BCUT2D eigenvalue weighted by atomic mass is 79.9. The predicted molar refractivity (Wildman–Crippen MR) is 70.4 cm³/mol. The van der Waals surface area contributed by atoms with Gasteiger partial charge in [-0.1, -0.05) is 38.8 Å². The number of carbonyl (C=O) groups is 1. The molecule has 0 heterocycles. The lowest BCUT2D eigenvalue weighted by Crippen LogP contribution is -2.16. The first kappa shape index (κ1) is 13.8. The molecule has 1 unspecified atom stereocenters. The van der Waals surface area contributed by atoms with Crippen molar-refractivity contribution in [1.82, 2.24) is 0 Å². The largest absolute Gasteiger partial charge is 0.298 e. The fourth-order valence-corrected chi connectivity index (χ4v) is 2.40. The molecule has 1 rings (SSSR count). The number of halogens is 3. The van der Waals surface area contributed by atoms with Crippen molar-refractivity contribution in [2.45, 2.75) is 31.0 Å². The molecule has 1 atom stereocenters. The molecule has 0 radical (unpaired) electrons. The van der Waals surface area contributed by atoms with Crippen molar-refractivity contribution in [3.63, 3.8) is 0 Å². The van der Waals surface area contributed by atoms with Gasteiger partial charge in [-0.3, -0.25) is 4.79 Å². The van der Waals surface area contributed by atoms with Crippen LogP contribution in [-0.4, -0.2) is 10.6 Å². The molecule has 1 aromatic carbocycles. The molecular weight excluding hydrogens is 339 g/mol. The third-order valence-electron chi connectivity index (χ3n) is 2.25. The van der Waals surface area contributed by atoms with E-state index in [0.29, 0.717) is 18.4 Å². The number of alkyl halides is 1. The average molecular weight is 352 g/mol. The molecule has 0 amide bonds. The lowest BCUT2D eigenvalue weighted by atomic mass is 10.0. The molecule has 0 aliphatic carbocycles. The van der Waals surface area contributed by atoms with Crippen LogP contribution in [0, 0.1) is 5.82 Å². The third kappa shape index (κ3) is 3.98. The number of carbonyl (C=O) groups excluding carboxylic acids is 1. The Kier molecular flexibility index (Phi) is 5.62. The summed E-state index contributed by atoms with van der Waals surface area (Å²) in [7, 11) is 0. The van der Waals surface area contributed by atoms with Crippen LogP contribution in [0.2, 0.25) is 0 Å². The third-order valence-corrected chi connectivity index (χ3v) is 3.58. The van der Waals surface area contributed by atoms with Crippen molar-refractivity contribution in [3.05, 3.63) is 34.1 Å². The maximum absolute atomic E-state index is 13.4. The van der Waals surface area contributed by atoms with Crippen molar-refractivity contribution in [2.24, 2.45) is 0 Å². The van der Waals surface area contributed by atoms with Gasteiger partial charge in [0.1, 0.15) is 11.6 Å². The van der Waals surface area contributed by atoms with E-state index in [1.807, 2.05) is 6.92 Å². The van der Waals surface area contributed by atoms with E-state index >= 15 is 0 Å². The summed E-state index contributed by atoms with van der Waals surface area (Å²) in [4.78, 5) is 11.3. The molecule has 16 heavy (non-hydrogen) atoms. The summed E-state index contributed by atoms with van der Waals surface area (Å²) >= 11 is 6.60. The van der Waals surface area contributed by atoms with Crippen LogP contribution in [0.3, 0.4) is 0 Å². The Bertz CT molecular complexity index is 379. The number of ketones is 1. The van der Waals surface area contributed by atoms with E-state index in [-0.39, 0.29) is 16.4 Å². The van der Waals surface area contributed by atoms with E-state index in [2.05, 4.69) is 31.9 Å². The zero-order valence-electron chi connectivity index (χ0n) is 8.97. The zero-order valence-corrected chi connectivity index (χ0v) is 12.1. The minimum Gasteiger partial charge on any atom is -0.298 e. The topological polar surface area (TPSA) is 17.1 Å². The molecule has 0 fully saturated rings. The first-order chi connectivity index (χ1) is 7.54. The standard InChI is InChI=1S/C12H13Br2FO/c1-2-3-12(16)10(14)7-8-6-9(13)4-5-11(8)15/h4-6,10H,2-3,7H2,1H3. The van der Waals surface area contributed by atoms with E-state index in [1.54, 1.807) is 12.1 Å². The van der Waals surface area contributed by atoms with Crippen molar-refractivity contribution in [1.29, 1.82) is 0 Å². The summed E-state index contributed by atoms with van der Waals surface area (Å²) < 4.78 is 14.3. The molecule has 4 heteroatoms. The van der Waals surface area contributed by atoms with Gasteiger partial charge in [0.2, 0.25) is 0 Å². The van der Waals surface area contributed by atoms with E-state index in [4.69, 9.17) is 0 Å². The molecule has 0 bridgehead atoms. The highest BCUT2D eigenvalue weighted by Crippen LogP contribution is 2.20. The summed E-state index contributed by atoms with van der Waals surface area (Å²) in [6, 6.07) is 4.77. The fraction of sp³-hybridized carbons (Fsp3) is 0.417. The number of hydrogen-bond donors (Lipinski definition) is 0. The average Bonchev–Trinajstić information content (AvgIpc) is 2.23. The number of rotatable bonds is 5. The van der Waals surface area contributed by atoms with E-state index in [9.17, 15) is 9.18 Å². The lowest BCUT2D eigenvalue weighted by Gasteiger charge is -2.09. The highest BCUT2D eigenvalue weighted by molar-refractivity contribution is 9.10. The van der Waals surface area contributed by atoms with Crippen LogP contribution in [0.5, 0.6) is 0 Å². The monoisotopic (exact) mass is 350 g/mol. The van der Waals surface area contributed by atoms with Crippen LogP contribution >= 0.6 is 31.9 Å². The Morgan fingerprint density at radius 1 is 1.50 bits per heavy atom. The van der Waals surface area contributed by atoms with Crippen LogP contribution in [0.15, 0.2) is 22.7 Å². The van der Waals surface area contributed by atoms with Crippen LogP contribution in [0.25, 0.3) is 0 Å². The van der Waals surface area contributed by atoms with Crippen LogP contribution < -0.4 is 0 Å².